The predicted octanol–water partition coefficient (Wildman–Crippen LogP) is 1.40. The number of hydrogen-bond donors (Lipinski definition) is 2. The topological polar surface area (TPSA) is 131 Å². The highest BCUT2D eigenvalue weighted by atomic mass is 16.6. The highest BCUT2D eigenvalue weighted by Gasteiger charge is 2.25. The number of nitro groups is 1. The van der Waals surface area contributed by atoms with Gasteiger partial charge in [-0.05, 0) is 30.3 Å². The molecule has 2 N–H and O–H groups in total. The number of imide groups is 1. The van der Waals surface area contributed by atoms with Crippen molar-refractivity contribution in [2.24, 2.45) is 0 Å². The van der Waals surface area contributed by atoms with E-state index in [1.54, 1.807) is 12.1 Å². The second-order valence-corrected chi connectivity index (χ2v) is 5.07. The number of nitrogens with one attached hydrogen (secondary N) is 2. The molecule has 1 fully saturated rings. The second-order valence-electron chi connectivity index (χ2n) is 5.07. The molecule has 124 valence electrons. The lowest BCUT2D eigenvalue weighted by molar-refractivity contribution is -0.385. The van der Waals surface area contributed by atoms with Crippen molar-refractivity contribution >= 4 is 29.5 Å². The number of nitrogens with zero attached hydrogens (tertiary/aromatic N) is 2. The van der Waals surface area contributed by atoms with Gasteiger partial charge in [-0.2, -0.15) is 0 Å². The van der Waals surface area contributed by atoms with E-state index in [0.717, 1.165) is 6.08 Å². The van der Waals surface area contributed by atoms with Crippen LogP contribution in [-0.2, 0) is 4.79 Å². The van der Waals surface area contributed by atoms with Gasteiger partial charge in [-0.1, -0.05) is 0 Å². The summed E-state index contributed by atoms with van der Waals surface area (Å²) >= 11 is 0. The van der Waals surface area contributed by atoms with E-state index in [2.05, 4.69) is 10.3 Å². The van der Waals surface area contributed by atoms with Crippen LogP contribution >= 0.6 is 0 Å². The fraction of sp³-hybridized carbons (Fsp3) is 0. The molecule has 25 heavy (non-hydrogen) atoms. The number of rotatable bonds is 4. The minimum Gasteiger partial charge on any atom is -0.303 e. The van der Waals surface area contributed by atoms with E-state index < -0.39 is 16.9 Å². The first-order valence-corrected chi connectivity index (χ1v) is 7.03. The average Bonchev–Trinajstić information content (AvgIpc) is 2.92. The lowest BCUT2D eigenvalue weighted by Gasteiger charge is -2.04. The van der Waals surface area contributed by atoms with Crippen LogP contribution in [-0.4, -0.2) is 27.6 Å². The number of hydrogen-bond acceptors (Lipinski definition) is 6. The van der Waals surface area contributed by atoms with Gasteiger partial charge >= 0.3 is 6.03 Å². The smallest absolute Gasteiger partial charge is 0.303 e. The Morgan fingerprint density at radius 1 is 1.16 bits per heavy atom. The van der Waals surface area contributed by atoms with Crippen LogP contribution in [0.3, 0.4) is 0 Å². The summed E-state index contributed by atoms with van der Waals surface area (Å²) in [5, 5.41) is 15.4. The highest BCUT2D eigenvalue weighted by Crippen LogP contribution is 2.24. The standard InChI is InChI=1S/C16H10N4O5/c21-14(10-2-1-5-17-8-10)9-3-4-13(20(24)25)11(6-9)7-12-15(22)19-16(23)18-12/h1-8H,(H2,18,19,22,23)/b12-7-. The van der Waals surface area contributed by atoms with Gasteiger partial charge in [0.2, 0.25) is 0 Å². The zero-order valence-corrected chi connectivity index (χ0v) is 12.6. The summed E-state index contributed by atoms with van der Waals surface area (Å²) < 4.78 is 0. The summed E-state index contributed by atoms with van der Waals surface area (Å²) in [5.41, 5.74) is 0.0902. The summed E-state index contributed by atoms with van der Waals surface area (Å²) in [6.07, 6.45) is 4.05. The number of carbonyl (C=O) groups excluding carboxylic acids is 3. The first kappa shape index (κ1) is 16.0. The minimum atomic E-state index is -0.721. The first-order chi connectivity index (χ1) is 12.0. The SMILES string of the molecule is O=C1NC(=O)/C(=C/c2cc(C(=O)c3cccnc3)ccc2[N+](=O)[O-])N1. The third-order valence-corrected chi connectivity index (χ3v) is 3.43. The van der Waals surface area contributed by atoms with E-state index in [1.165, 1.54) is 30.6 Å². The number of pyridine rings is 1. The molecule has 9 heteroatoms. The van der Waals surface area contributed by atoms with Crippen LogP contribution in [0.15, 0.2) is 48.4 Å². The van der Waals surface area contributed by atoms with E-state index in [4.69, 9.17) is 0 Å². The molecule has 0 aliphatic carbocycles. The van der Waals surface area contributed by atoms with Crippen LogP contribution < -0.4 is 10.6 Å². The van der Waals surface area contributed by atoms with Crippen molar-refractivity contribution < 1.29 is 19.3 Å². The Morgan fingerprint density at radius 3 is 2.56 bits per heavy atom. The predicted molar refractivity (Wildman–Crippen MR) is 85.4 cm³/mol. The van der Waals surface area contributed by atoms with E-state index in [9.17, 15) is 24.5 Å². The molecular formula is C16H10N4O5. The molecule has 0 saturated carbocycles. The number of nitro benzene ring substituents is 1. The monoisotopic (exact) mass is 338 g/mol. The molecule has 0 radical (unpaired) electrons. The van der Waals surface area contributed by atoms with Gasteiger partial charge < -0.3 is 5.32 Å². The van der Waals surface area contributed by atoms with Crippen LogP contribution in [0.4, 0.5) is 10.5 Å². The Labute approximate surface area is 140 Å². The van der Waals surface area contributed by atoms with Gasteiger partial charge in [0.1, 0.15) is 5.70 Å². The molecule has 0 unspecified atom stereocenters. The molecule has 3 amide bonds. The van der Waals surface area contributed by atoms with Crippen LogP contribution in [0.2, 0.25) is 0 Å². The maximum Gasteiger partial charge on any atom is 0.326 e. The van der Waals surface area contributed by atoms with Gasteiger partial charge in [-0.3, -0.25) is 30.0 Å². The largest absolute Gasteiger partial charge is 0.326 e. The number of benzene rings is 1. The zero-order valence-electron chi connectivity index (χ0n) is 12.6. The number of ketones is 1. The summed E-state index contributed by atoms with van der Waals surface area (Å²) in [4.78, 5) is 49.6. The third kappa shape index (κ3) is 3.24. The maximum atomic E-state index is 12.5. The Kier molecular flexibility index (Phi) is 4.04. The zero-order chi connectivity index (χ0) is 18.0. The van der Waals surface area contributed by atoms with Crippen molar-refractivity contribution in [2.75, 3.05) is 0 Å². The molecule has 1 aromatic carbocycles. The van der Waals surface area contributed by atoms with Gasteiger partial charge in [0, 0.05) is 29.6 Å². The molecule has 0 bridgehead atoms. The normalized spacial score (nSPS) is 15.0. The second kappa shape index (κ2) is 6.32. The summed E-state index contributed by atoms with van der Waals surface area (Å²) in [6, 6.07) is 6.23. The first-order valence-electron chi connectivity index (χ1n) is 7.03. The summed E-state index contributed by atoms with van der Waals surface area (Å²) in [6.45, 7) is 0. The number of urea groups is 1. The molecule has 0 spiro atoms. The van der Waals surface area contributed by atoms with E-state index in [0.29, 0.717) is 5.56 Å². The van der Waals surface area contributed by atoms with Crippen molar-refractivity contribution in [3.05, 3.63) is 75.2 Å². The molecular weight excluding hydrogens is 328 g/mol. The fourth-order valence-electron chi connectivity index (χ4n) is 2.28. The minimum absolute atomic E-state index is 0.0205. The lowest BCUT2D eigenvalue weighted by atomic mass is 10.0. The fourth-order valence-corrected chi connectivity index (χ4v) is 2.28. The van der Waals surface area contributed by atoms with Crippen molar-refractivity contribution in [3.8, 4) is 0 Å². The molecule has 0 atom stereocenters. The molecule has 2 aromatic rings. The van der Waals surface area contributed by atoms with Crippen molar-refractivity contribution in [1.29, 1.82) is 0 Å². The Bertz CT molecular complexity index is 937. The highest BCUT2D eigenvalue weighted by molar-refractivity contribution is 6.14. The summed E-state index contributed by atoms with van der Waals surface area (Å²) in [7, 11) is 0. The van der Waals surface area contributed by atoms with Crippen molar-refractivity contribution in [3.63, 3.8) is 0 Å². The Balaban J connectivity index is 2.05. The van der Waals surface area contributed by atoms with Crippen LogP contribution in [0.5, 0.6) is 0 Å². The van der Waals surface area contributed by atoms with Crippen molar-refractivity contribution in [2.45, 2.75) is 0 Å². The maximum absolute atomic E-state index is 12.5. The third-order valence-electron chi connectivity index (χ3n) is 3.43. The number of aromatic nitrogens is 1. The lowest BCUT2D eigenvalue weighted by Crippen LogP contribution is -2.22. The van der Waals surface area contributed by atoms with Crippen LogP contribution in [0.25, 0.3) is 6.08 Å². The van der Waals surface area contributed by atoms with Gasteiger partial charge in [0.15, 0.2) is 5.78 Å². The molecule has 1 aliphatic heterocycles. The summed E-state index contributed by atoms with van der Waals surface area (Å²) in [5.74, 6) is -1.08. The van der Waals surface area contributed by atoms with E-state index in [1.807, 2.05) is 5.32 Å². The molecule has 3 rings (SSSR count). The van der Waals surface area contributed by atoms with Crippen LogP contribution in [0.1, 0.15) is 21.5 Å². The van der Waals surface area contributed by atoms with Crippen LogP contribution in [0, 0.1) is 10.1 Å². The average molecular weight is 338 g/mol. The Morgan fingerprint density at radius 2 is 1.96 bits per heavy atom. The quantitative estimate of drug-likeness (QED) is 0.285. The Hall–Kier alpha value is -3.88. The van der Waals surface area contributed by atoms with Crippen molar-refractivity contribution in [1.82, 2.24) is 15.6 Å². The molecule has 9 nitrogen and oxygen atoms in total. The van der Waals surface area contributed by atoms with Gasteiger partial charge in [0.05, 0.1) is 10.5 Å². The number of carbonyl (C=O) groups is 3. The van der Waals surface area contributed by atoms with Gasteiger partial charge in [0.25, 0.3) is 11.6 Å². The molecule has 1 aromatic heterocycles. The molecule has 2 heterocycles. The van der Waals surface area contributed by atoms with E-state index in [-0.39, 0.29) is 28.3 Å². The number of amides is 3. The van der Waals surface area contributed by atoms with Gasteiger partial charge in [-0.25, -0.2) is 4.79 Å². The van der Waals surface area contributed by atoms with Gasteiger partial charge in [-0.15, -0.1) is 0 Å². The van der Waals surface area contributed by atoms with E-state index >= 15 is 0 Å². The molecule has 1 saturated heterocycles. The molecule has 1 aliphatic rings.